The van der Waals surface area contributed by atoms with Crippen LogP contribution in [0, 0.1) is 11.8 Å². The van der Waals surface area contributed by atoms with Crippen LogP contribution in [0.15, 0.2) is 12.2 Å². The molecule has 2 aliphatic carbocycles. The predicted octanol–water partition coefficient (Wildman–Crippen LogP) is 1.99. The van der Waals surface area contributed by atoms with Crippen LogP contribution in [-0.2, 0) is 4.79 Å². The summed E-state index contributed by atoms with van der Waals surface area (Å²) in [5, 5.41) is 12.5. The van der Waals surface area contributed by atoms with Crippen LogP contribution in [-0.4, -0.2) is 40.6 Å². The maximum absolute atomic E-state index is 12.4. The molecule has 0 bridgehead atoms. The van der Waals surface area contributed by atoms with Crippen molar-refractivity contribution in [2.24, 2.45) is 11.8 Å². The third kappa shape index (κ3) is 2.41. The molecule has 1 saturated heterocycles. The number of carbonyl (C=O) groups excluding carboxylic acids is 1. The smallest absolute Gasteiger partial charge is 0.326 e. The standard InChI is InChI=1S/C15H22N2O3/c18-14(19)13-12-8-4-5-10(12)9-17(13)15(20)16-11-6-2-1-3-7-11/h1-2,10-13H,3-9H2,(H,16,20)(H,18,19). The van der Waals surface area contributed by atoms with Crippen LogP contribution in [0.3, 0.4) is 0 Å². The van der Waals surface area contributed by atoms with Gasteiger partial charge >= 0.3 is 12.0 Å². The first-order valence-electron chi connectivity index (χ1n) is 7.61. The van der Waals surface area contributed by atoms with E-state index in [1.54, 1.807) is 4.90 Å². The first-order chi connectivity index (χ1) is 9.66. The van der Waals surface area contributed by atoms with Gasteiger partial charge < -0.3 is 15.3 Å². The fourth-order valence-corrected chi connectivity index (χ4v) is 4.01. The molecule has 0 radical (unpaired) electrons. The van der Waals surface area contributed by atoms with E-state index in [0.29, 0.717) is 12.5 Å². The molecule has 1 saturated carbocycles. The number of nitrogens with one attached hydrogen (secondary N) is 1. The second-order valence-electron chi connectivity index (χ2n) is 6.22. The lowest BCUT2D eigenvalue weighted by Crippen LogP contribution is -2.50. The topological polar surface area (TPSA) is 69.6 Å². The van der Waals surface area contributed by atoms with Crippen LogP contribution in [0.2, 0.25) is 0 Å². The van der Waals surface area contributed by atoms with E-state index in [-0.39, 0.29) is 18.0 Å². The fourth-order valence-electron chi connectivity index (χ4n) is 4.01. The normalized spacial score (nSPS) is 35.9. The van der Waals surface area contributed by atoms with Crippen molar-refractivity contribution >= 4 is 12.0 Å². The number of allylic oxidation sites excluding steroid dienone is 1. The minimum absolute atomic E-state index is 0.155. The molecule has 0 aromatic heterocycles. The average Bonchev–Trinajstić information content (AvgIpc) is 2.98. The number of rotatable bonds is 2. The summed E-state index contributed by atoms with van der Waals surface area (Å²) in [5.74, 6) is -0.310. The van der Waals surface area contributed by atoms with Gasteiger partial charge in [-0.15, -0.1) is 0 Å². The summed E-state index contributed by atoms with van der Waals surface area (Å²) in [4.78, 5) is 25.5. The van der Waals surface area contributed by atoms with Crippen molar-refractivity contribution in [2.75, 3.05) is 6.54 Å². The van der Waals surface area contributed by atoms with E-state index in [1.807, 2.05) is 0 Å². The van der Waals surface area contributed by atoms with E-state index in [1.165, 1.54) is 0 Å². The zero-order valence-electron chi connectivity index (χ0n) is 11.6. The van der Waals surface area contributed by atoms with Crippen LogP contribution >= 0.6 is 0 Å². The van der Waals surface area contributed by atoms with Crippen molar-refractivity contribution < 1.29 is 14.7 Å². The van der Waals surface area contributed by atoms with Gasteiger partial charge in [0.2, 0.25) is 0 Å². The number of amides is 2. The molecule has 2 amide bonds. The molecule has 5 heteroatoms. The number of carbonyl (C=O) groups is 2. The summed E-state index contributed by atoms with van der Waals surface area (Å²) >= 11 is 0. The van der Waals surface area contributed by atoms with Crippen molar-refractivity contribution in [3.05, 3.63) is 12.2 Å². The first-order valence-corrected chi connectivity index (χ1v) is 7.61. The number of carboxylic acid groups (broad SMARTS) is 1. The van der Waals surface area contributed by atoms with Gasteiger partial charge in [-0.05, 0) is 43.9 Å². The van der Waals surface area contributed by atoms with Crippen LogP contribution in [0.4, 0.5) is 4.79 Å². The Kier molecular flexibility index (Phi) is 3.68. The quantitative estimate of drug-likeness (QED) is 0.759. The van der Waals surface area contributed by atoms with Crippen LogP contribution in [0.1, 0.15) is 38.5 Å². The number of likely N-dealkylation sites (tertiary alicyclic amines) is 1. The van der Waals surface area contributed by atoms with E-state index < -0.39 is 12.0 Å². The lowest BCUT2D eigenvalue weighted by atomic mass is 9.94. The second-order valence-corrected chi connectivity index (χ2v) is 6.22. The Hall–Kier alpha value is -1.52. The van der Waals surface area contributed by atoms with Crippen LogP contribution in [0.25, 0.3) is 0 Å². The molecule has 1 aliphatic heterocycles. The van der Waals surface area contributed by atoms with Crippen LogP contribution < -0.4 is 5.32 Å². The van der Waals surface area contributed by atoms with Gasteiger partial charge in [0.1, 0.15) is 6.04 Å². The van der Waals surface area contributed by atoms with Gasteiger partial charge in [-0.25, -0.2) is 9.59 Å². The molecule has 2 fully saturated rings. The third-order valence-electron chi connectivity index (χ3n) is 5.00. The van der Waals surface area contributed by atoms with E-state index in [9.17, 15) is 14.7 Å². The highest BCUT2D eigenvalue weighted by atomic mass is 16.4. The molecule has 0 spiro atoms. The maximum Gasteiger partial charge on any atom is 0.326 e. The molecule has 110 valence electrons. The predicted molar refractivity (Wildman–Crippen MR) is 74.3 cm³/mol. The number of carboxylic acids is 1. The van der Waals surface area contributed by atoms with Crippen molar-refractivity contribution in [3.8, 4) is 0 Å². The third-order valence-corrected chi connectivity index (χ3v) is 5.00. The van der Waals surface area contributed by atoms with Gasteiger partial charge in [-0.3, -0.25) is 0 Å². The molecule has 4 unspecified atom stereocenters. The Morgan fingerprint density at radius 3 is 2.75 bits per heavy atom. The number of hydrogen-bond donors (Lipinski definition) is 2. The molecule has 4 atom stereocenters. The number of nitrogens with zero attached hydrogens (tertiary/aromatic N) is 1. The van der Waals surface area contributed by atoms with Crippen molar-refractivity contribution in [1.29, 1.82) is 0 Å². The largest absolute Gasteiger partial charge is 0.480 e. The zero-order valence-corrected chi connectivity index (χ0v) is 11.6. The molecule has 20 heavy (non-hydrogen) atoms. The molecule has 3 aliphatic rings. The average molecular weight is 278 g/mol. The van der Waals surface area contributed by atoms with Gasteiger partial charge in [-0.2, -0.15) is 0 Å². The molecule has 0 aromatic rings. The van der Waals surface area contributed by atoms with E-state index in [4.69, 9.17) is 0 Å². The van der Waals surface area contributed by atoms with Gasteiger partial charge in [0.15, 0.2) is 0 Å². The highest BCUT2D eigenvalue weighted by Gasteiger charge is 2.49. The Morgan fingerprint density at radius 1 is 1.20 bits per heavy atom. The van der Waals surface area contributed by atoms with Gasteiger partial charge in [0, 0.05) is 12.6 Å². The summed E-state index contributed by atoms with van der Waals surface area (Å²) in [6.45, 7) is 0.607. The van der Waals surface area contributed by atoms with E-state index >= 15 is 0 Å². The molecular formula is C15H22N2O3. The minimum Gasteiger partial charge on any atom is -0.480 e. The lowest BCUT2D eigenvalue weighted by Gasteiger charge is -2.28. The van der Waals surface area contributed by atoms with Crippen LogP contribution in [0.5, 0.6) is 0 Å². The number of hydrogen-bond acceptors (Lipinski definition) is 2. The highest BCUT2D eigenvalue weighted by molar-refractivity contribution is 5.84. The monoisotopic (exact) mass is 278 g/mol. The van der Waals surface area contributed by atoms with Gasteiger partial charge in [0.05, 0.1) is 0 Å². The SMILES string of the molecule is O=C(O)C1C2CCCC2CN1C(=O)NC1CC=CCC1. The molecule has 5 nitrogen and oxygen atoms in total. The molecular weight excluding hydrogens is 256 g/mol. The fraction of sp³-hybridized carbons (Fsp3) is 0.733. The summed E-state index contributed by atoms with van der Waals surface area (Å²) in [6, 6.07) is -0.656. The Labute approximate surface area is 119 Å². The number of urea groups is 1. The van der Waals surface area contributed by atoms with Crippen molar-refractivity contribution in [3.63, 3.8) is 0 Å². The molecule has 0 aromatic carbocycles. The molecule has 3 rings (SSSR count). The molecule has 2 N–H and O–H groups in total. The first kappa shape index (κ1) is 13.5. The van der Waals surface area contributed by atoms with Gasteiger partial charge in [0.25, 0.3) is 0 Å². The van der Waals surface area contributed by atoms with E-state index in [0.717, 1.165) is 38.5 Å². The van der Waals surface area contributed by atoms with Gasteiger partial charge in [-0.1, -0.05) is 18.6 Å². The summed E-state index contributed by atoms with van der Waals surface area (Å²) < 4.78 is 0. The number of fused-ring (bicyclic) bond motifs is 1. The number of aliphatic carboxylic acids is 1. The Bertz CT molecular complexity index is 435. The van der Waals surface area contributed by atoms with Crippen molar-refractivity contribution in [2.45, 2.75) is 50.6 Å². The van der Waals surface area contributed by atoms with E-state index in [2.05, 4.69) is 17.5 Å². The van der Waals surface area contributed by atoms with Crippen molar-refractivity contribution in [1.82, 2.24) is 10.2 Å². The second kappa shape index (κ2) is 5.46. The zero-order chi connectivity index (χ0) is 14.1. The summed E-state index contributed by atoms with van der Waals surface area (Å²) in [6.07, 6.45) is 10.1. The lowest BCUT2D eigenvalue weighted by molar-refractivity contribution is -0.142. The maximum atomic E-state index is 12.4. The minimum atomic E-state index is -0.849. The molecule has 1 heterocycles. The Morgan fingerprint density at radius 2 is 2.05 bits per heavy atom. The summed E-state index contributed by atoms with van der Waals surface area (Å²) in [5.41, 5.74) is 0. The highest BCUT2D eigenvalue weighted by Crippen LogP contribution is 2.42. The Balaban J connectivity index is 1.67. The summed E-state index contributed by atoms with van der Waals surface area (Å²) in [7, 11) is 0.